The number of anilines is 1. The van der Waals surface area contributed by atoms with Crippen LogP contribution in [0.3, 0.4) is 0 Å². The summed E-state index contributed by atoms with van der Waals surface area (Å²) in [6.07, 6.45) is 5.53. The summed E-state index contributed by atoms with van der Waals surface area (Å²) < 4.78 is 0. The zero-order valence-corrected chi connectivity index (χ0v) is 11.5. The number of rotatable bonds is 2. The van der Waals surface area contributed by atoms with Gasteiger partial charge in [0, 0.05) is 24.8 Å². The summed E-state index contributed by atoms with van der Waals surface area (Å²) in [4.78, 5) is 10.8. The van der Waals surface area contributed by atoms with Gasteiger partial charge in [-0.05, 0) is 24.0 Å². The number of benzene rings is 1. The van der Waals surface area contributed by atoms with Gasteiger partial charge >= 0.3 is 0 Å². The van der Waals surface area contributed by atoms with E-state index in [1.807, 2.05) is 6.20 Å². The molecule has 1 aromatic heterocycles. The lowest BCUT2D eigenvalue weighted by molar-refractivity contribution is 0.782. The van der Waals surface area contributed by atoms with Gasteiger partial charge in [0.25, 0.3) is 0 Å². The Morgan fingerprint density at radius 3 is 2.42 bits per heavy atom. The highest BCUT2D eigenvalue weighted by Crippen LogP contribution is 2.22. The van der Waals surface area contributed by atoms with Crippen LogP contribution in [-0.2, 0) is 18.7 Å². The van der Waals surface area contributed by atoms with Crippen LogP contribution in [0.5, 0.6) is 0 Å². The molecule has 2 aromatic rings. The molecular formula is C15H16ClN3. The van der Waals surface area contributed by atoms with Crippen LogP contribution in [0, 0.1) is 0 Å². The minimum Gasteiger partial charge on any atom is -0.356 e. The van der Waals surface area contributed by atoms with E-state index in [1.165, 1.54) is 11.1 Å². The Morgan fingerprint density at radius 2 is 1.79 bits per heavy atom. The zero-order valence-electron chi connectivity index (χ0n) is 10.7. The fourth-order valence-corrected chi connectivity index (χ4v) is 2.80. The van der Waals surface area contributed by atoms with Crippen molar-refractivity contribution in [3.8, 4) is 0 Å². The lowest BCUT2D eigenvalue weighted by atomic mass is 10.0. The van der Waals surface area contributed by atoms with Gasteiger partial charge in [-0.25, -0.2) is 9.97 Å². The van der Waals surface area contributed by atoms with Gasteiger partial charge in [0.15, 0.2) is 0 Å². The maximum atomic E-state index is 5.97. The number of hydrogen-bond donors (Lipinski definition) is 0. The van der Waals surface area contributed by atoms with Crippen LogP contribution in [0.4, 0.5) is 5.82 Å². The zero-order chi connectivity index (χ0) is 13.1. The number of nitrogens with zero attached hydrogens (tertiary/aromatic N) is 3. The van der Waals surface area contributed by atoms with E-state index in [-0.39, 0.29) is 0 Å². The van der Waals surface area contributed by atoms with Crippen LogP contribution in [0.1, 0.15) is 16.7 Å². The first kappa shape index (κ1) is 12.4. The molecule has 1 aliphatic heterocycles. The van der Waals surface area contributed by atoms with Gasteiger partial charge in [0.1, 0.15) is 12.1 Å². The molecule has 3 rings (SSSR count). The van der Waals surface area contributed by atoms with Crippen LogP contribution in [-0.4, -0.2) is 23.1 Å². The first-order valence-electron chi connectivity index (χ1n) is 6.55. The van der Waals surface area contributed by atoms with E-state index < -0.39 is 0 Å². The lowest BCUT2D eigenvalue weighted by Crippen LogP contribution is -2.28. The van der Waals surface area contributed by atoms with Crippen LogP contribution >= 0.6 is 11.6 Å². The molecule has 1 aromatic carbocycles. The Balaban J connectivity index is 1.85. The number of aromatic nitrogens is 2. The minimum atomic E-state index is 0.458. The molecule has 2 heterocycles. The van der Waals surface area contributed by atoms with Gasteiger partial charge in [-0.15, -0.1) is 11.6 Å². The molecule has 0 amide bonds. The van der Waals surface area contributed by atoms with Gasteiger partial charge < -0.3 is 4.90 Å². The van der Waals surface area contributed by atoms with E-state index >= 15 is 0 Å². The highest BCUT2D eigenvalue weighted by molar-refractivity contribution is 6.17. The molecule has 98 valence electrons. The maximum absolute atomic E-state index is 5.97. The molecular weight excluding hydrogens is 258 g/mol. The largest absolute Gasteiger partial charge is 0.356 e. The van der Waals surface area contributed by atoms with E-state index in [4.69, 9.17) is 11.6 Å². The van der Waals surface area contributed by atoms with E-state index in [0.29, 0.717) is 5.88 Å². The minimum absolute atomic E-state index is 0.458. The predicted molar refractivity (Wildman–Crippen MR) is 77.7 cm³/mol. The van der Waals surface area contributed by atoms with Crippen LogP contribution in [0.2, 0.25) is 0 Å². The Kier molecular flexibility index (Phi) is 3.65. The van der Waals surface area contributed by atoms with Crippen molar-refractivity contribution in [2.24, 2.45) is 0 Å². The van der Waals surface area contributed by atoms with Crippen LogP contribution in [0.15, 0.2) is 36.8 Å². The Hall–Kier alpha value is -1.61. The fraction of sp³-hybridized carbons (Fsp3) is 0.333. The van der Waals surface area contributed by atoms with Crippen molar-refractivity contribution >= 4 is 17.4 Å². The third-order valence-electron chi connectivity index (χ3n) is 3.63. The molecule has 0 saturated heterocycles. The summed E-state index contributed by atoms with van der Waals surface area (Å²) >= 11 is 5.97. The van der Waals surface area contributed by atoms with Gasteiger partial charge in [0.2, 0.25) is 0 Å². The number of fused-ring (bicyclic) bond motifs is 1. The molecule has 0 aliphatic carbocycles. The number of halogens is 1. The monoisotopic (exact) mass is 273 g/mol. The van der Waals surface area contributed by atoms with Crippen LogP contribution < -0.4 is 4.90 Å². The third kappa shape index (κ3) is 2.56. The average molecular weight is 274 g/mol. The molecule has 0 unspecified atom stereocenters. The van der Waals surface area contributed by atoms with E-state index in [1.54, 1.807) is 6.33 Å². The van der Waals surface area contributed by atoms with Crippen molar-refractivity contribution < 1.29 is 0 Å². The summed E-state index contributed by atoms with van der Waals surface area (Å²) in [6, 6.07) is 8.68. The lowest BCUT2D eigenvalue weighted by Gasteiger charge is -2.23. The summed E-state index contributed by atoms with van der Waals surface area (Å²) in [5, 5.41) is 0. The van der Waals surface area contributed by atoms with Gasteiger partial charge in [-0.1, -0.05) is 24.3 Å². The Bertz CT molecular complexity index is 544. The first-order valence-corrected chi connectivity index (χ1v) is 7.08. The molecule has 0 bridgehead atoms. The first-order chi connectivity index (χ1) is 9.38. The molecule has 0 N–H and O–H groups in total. The molecule has 19 heavy (non-hydrogen) atoms. The van der Waals surface area contributed by atoms with Crippen LogP contribution in [0.25, 0.3) is 0 Å². The van der Waals surface area contributed by atoms with E-state index in [0.717, 1.165) is 37.3 Å². The highest BCUT2D eigenvalue weighted by atomic mass is 35.5. The van der Waals surface area contributed by atoms with Crippen molar-refractivity contribution in [2.45, 2.75) is 18.7 Å². The second-order valence-electron chi connectivity index (χ2n) is 4.76. The third-order valence-corrected chi connectivity index (χ3v) is 3.92. The molecule has 0 spiro atoms. The normalized spacial score (nSPS) is 14.9. The van der Waals surface area contributed by atoms with Crippen molar-refractivity contribution in [1.82, 2.24) is 9.97 Å². The SMILES string of the molecule is ClCc1cncnc1N1CCc2ccccc2CC1. The number of hydrogen-bond acceptors (Lipinski definition) is 3. The standard InChI is InChI=1S/C15H16ClN3/c16-9-14-10-17-11-18-15(14)19-7-5-12-3-1-2-4-13(12)6-8-19/h1-4,10-11H,5-9H2. The quantitative estimate of drug-likeness (QED) is 0.788. The second kappa shape index (κ2) is 5.57. The molecule has 1 aliphatic rings. The summed E-state index contributed by atoms with van der Waals surface area (Å²) in [6.45, 7) is 1.97. The Morgan fingerprint density at radius 1 is 1.11 bits per heavy atom. The summed E-state index contributed by atoms with van der Waals surface area (Å²) in [5.74, 6) is 1.44. The molecule has 4 heteroatoms. The van der Waals surface area contributed by atoms with Crippen molar-refractivity contribution in [2.75, 3.05) is 18.0 Å². The van der Waals surface area contributed by atoms with Crippen molar-refractivity contribution in [3.05, 3.63) is 53.5 Å². The van der Waals surface area contributed by atoms with Crippen molar-refractivity contribution in [1.29, 1.82) is 0 Å². The second-order valence-corrected chi connectivity index (χ2v) is 5.03. The fourth-order valence-electron chi connectivity index (χ4n) is 2.61. The van der Waals surface area contributed by atoms with Gasteiger partial charge in [-0.2, -0.15) is 0 Å². The van der Waals surface area contributed by atoms with Gasteiger partial charge in [-0.3, -0.25) is 0 Å². The smallest absolute Gasteiger partial charge is 0.136 e. The summed E-state index contributed by atoms with van der Waals surface area (Å²) in [5.41, 5.74) is 3.91. The van der Waals surface area contributed by atoms with Gasteiger partial charge in [0.05, 0.1) is 5.88 Å². The summed E-state index contributed by atoms with van der Waals surface area (Å²) in [7, 11) is 0. The highest BCUT2D eigenvalue weighted by Gasteiger charge is 2.17. The number of alkyl halides is 1. The molecule has 3 nitrogen and oxygen atoms in total. The maximum Gasteiger partial charge on any atom is 0.136 e. The molecule has 0 atom stereocenters. The average Bonchev–Trinajstić information content (AvgIpc) is 2.70. The van der Waals surface area contributed by atoms with E-state index in [9.17, 15) is 0 Å². The van der Waals surface area contributed by atoms with E-state index in [2.05, 4.69) is 39.1 Å². The molecule has 0 saturated carbocycles. The van der Waals surface area contributed by atoms with Crippen molar-refractivity contribution in [3.63, 3.8) is 0 Å². The topological polar surface area (TPSA) is 29.0 Å². The molecule has 0 fully saturated rings. The molecule has 0 radical (unpaired) electrons. The predicted octanol–water partition coefficient (Wildman–Crippen LogP) is 2.82. The Labute approximate surface area is 118 Å².